The van der Waals surface area contributed by atoms with Gasteiger partial charge in [-0.05, 0) is 44.4 Å². The summed E-state index contributed by atoms with van der Waals surface area (Å²) in [5.41, 5.74) is 8.36. The van der Waals surface area contributed by atoms with Crippen molar-refractivity contribution in [3.05, 3.63) is 41.8 Å². The molecule has 0 radical (unpaired) electrons. The molecule has 0 bridgehead atoms. The molecule has 1 aromatic carbocycles. The van der Waals surface area contributed by atoms with Crippen LogP contribution >= 0.6 is 12.4 Å². The summed E-state index contributed by atoms with van der Waals surface area (Å²) in [6.45, 7) is 4.48. The molecular formula is C20H30ClFN4O. The SMILES string of the molecule is CC(N)C(C)C(=O)N(C)CCCCCc1cc(-c2cccc(F)c2)n[nH]1.Cl. The Bertz CT molecular complexity index is 720. The highest BCUT2D eigenvalue weighted by Gasteiger charge is 2.20. The number of aromatic amines is 1. The van der Waals surface area contributed by atoms with Gasteiger partial charge in [0, 0.05) is 30.9 Å². The van der Waals surface area contributed by atoms with Gasteiger partial charge in [-0.2, -0.15) is 5.10 Å². The standard InChI is InChI=1S/C20H29FN4O.ClH/c1-14(15(2)22)20(26)25(3)11-6-4-5-10-18-13-19(24-23-18)16-8-7-9-17(21)12-16;/h7-9,12-15H,4-6,10-11,22H2,1-3H3,(H,23,24);1H. The third kappa shape index (κ3) is 6.96. The molecule has 5 nitrogen and oxygen atoms in total. The molecule has 1 aromatic heterocycles. The molecule has 2 rings (SSSR count). The van der Waals surface area contributed by atoms with Crippen molar-refractivity contribution in [2.24, 2.45) is 11.7 Å². The van der Waals surface area contributed by atoms with E-state index in [1.165, 1.54) is 12.1 Å². The van der Waals surface area contributed by atoms with Crippen LogP contribution in [-0.4, -0.2) is 40.6 Å². The number of H-pyrrole nitrogens is 1. The number of aryl methyl sites for hydroxylation is 1. The predicted octanol–water partition coefficient (Wildman–Crippen LogP) is 3.79. The minimum Gasteiger partial charge on any atom is -0.345 e. The van der Waals surface area contributed by atoms with Crippen LogP contribution in [0.5, 0.6) is 0 Å². The monoisotopic (exact) mass is 396 g/mol. The number of halogens is 2. The van der Waals surface area contributed by atoms with Crippen molar-refractivity contribution < 1.29 is 9.18 Å². The highest BCUT2D eigenvalue weighted by Crippen LogP contribution is 2.19. The van der Waals surface area contributed by atoms with E-state index < -0.39 is 0 Å². The van der Waals surface area contributed by atoms with E-state index in [1.807, 2.05) is 33.0 Å². The lowest BCUT2D eigenvalue weighted by molar-refractivity contribution is -0.134. The third-order valence-corrected chi connectivity index (χ3v) is 4.75. The third-order valence-electron chi connectivity index (χ3n) is 4.75. The van der Waals surface area contributed by atoms with E-state index in [1.54, 1.807) is 11.0 Å². The molecule has 0 fully saturated rings. The maximum Gasteiger partial charge on any atom is 0.226 e. The zero-order valence-electron chi connectivity index (χ0n) is 16.2. The van der Waals surface area contributed by atoms with Crippen molar-refractivity contribution in [3.63, 3.8) is 0 Å². The number of carbonyl (C=O) groups excluding carboxylic acids is 1. The fraction of sp³-hybridized carbons (Fsp3) is 0.500. The van der Waals surface area contributed by atoms with Crippen LogP contribution < -0.4 is 5.73 Å². The molecule has 0 spiro atoms. The number of nitrogens with zero attached hydrogens (tertiary/aromatic N) is 2. The maximum absolute atomic E-state index is 13.3. The molecule has 3 N–H and O–H groups in total. The van der Waals surface area contributed by atoms with E-state index >= 15 is 0 Å². The van der Waals surface area contributed by atoms with Gasteiger partial charge in [0.05, 0.1) is 11.6 Å². The van der Waals surface area contributed by atoms with Crippen LogP contribution in [0, 0.1) is 11.7 Å². The quantitative estimate of drug-likeness (QED) is 0.633. The van der Waals surface area contributed by atoms with Gasteiger partial charge >= 0.3 is 0 Å². The van der Waals surface area contributed by atoms with Crippen LogP contribution in [0.3, 0.4) is 0 Å². The predicted molar refractivity (Wildman–Crippen MR) is 109 cm³/mol. The summed E-state index contributed by atoms with van der Waals surface area (Å²) in [4.78, 5) is 13.9. The van der Waals surface area contributed by atoms with Crippen LogP contribution in [0.4, 0.5) is 4.39 Å². The molecule has 1 heterocycles. The first-order chi connectivity index (χ1) is 12.4. The van der Waals surface area contributed by atoms with Gasteiger partial charge in [-0.25, -0.2) is 4.39 Å². The topological polar surface area (TPSA) is 75.0 Å². The lowest BCUT2D eigenvalue weighted by Crippen LogP contribution is -2.40. The minimum atomic E-state index is -0.260. The van der Waals surface area contributed by atoms with Gasteiger partial charge in [-0.3, -0.25) is 9.89 Å². The van der Waals surface area contributed by atoms with Crippen molar-refractivity contribution in [1.29, 1.82) is 0 Å². The molecule has 1 amide bonds. The first-order valence-corrected chi connectivity index (χ1v) is 9.19. The second-order valence-electron chi connectivity index (χ2n) is 7.01. The van der Waals surface area contributed by atoms with Crippen molar-refractivity contribution in [1.82, 2.24) is 15.1 Å². The van der Waals surface area contributed by atoms with Gasteiger partial charge in [0.25, 0.3) is 0 Å². The van der Waals surface area contributed by atoms with E-state index in [0.717, 1.165) is 49.2 Å². The fourth-order valence-corrected chi connectivity index (χ4v) is 2.81. The summed E-state index contributed by atoms with van der Waals surface area (Å²) < 4.78 is 13.3. The van der Waals surface area contributed by atoms with Crippen LogP contribution in [0.2, 0.25) is 0 Å². The summed E-state index contributed by atoms with van der Waals surface area (Å²) in [5.74, 6) is -0.302. The number of hydrogen-bond acceptors (Lipinski definition) is 3. The average molecular weight is 397 g/mol. The van der Waals surface area contributed by atoms with Gasteiger partial charge in [0.1, 0.15) is 5.82 Å². The van der Waals surface area contributed by atoms with Gasteiger partial charge in [0.2, 0.25) is 5.91 Å². The first kappa shape index (κ1) is 23.1. The Hall–Kier alpha value is -1.92. The molecule has 0 aliphatic carbocycles. The van der Waals surface area contributed by atoms with Crippen LogP contribution in [-0.2, 0) is 11.2 Å². The van der Waals surface area contributed by atoms with Crippen molar-refractivity contribution in [2.75, 3.05) is 13.6 Å². The number of nitrogens with one attached hydrogen (secondary N) is 1. The zero-order chi connectivity index (χ0) is 19.1. The number of unbranched alkanes of at least 4 members (excludes halogenated alkanes) is 2. The van der Waals surface area contributed by atoms with Crippen molar-refractivity contribution in [2.45, 2.75) is 45.6 Å². The van der Waals surface area contributed by atoms with E-state index in [2.05, 4.69) is 10.2 Å². The molecule has 2 aromatic rings. The number of benzene rings is 1. The number of amides is 1. The van der Waals surface area contributed by atoms with Crippen LogP contribution in [0.1, 0.15) is 38.8 Å². The number of rotatable bonds is 9. The Labute approximate surface area is 166 Å². The Morgan fingerprint density at radius 3 is 2.67 bits per heavy atom. The van der Waals surface area contributed by atoms with E-state index in [4.69, 9.17) is 5.73 Å². The van der Waals surface area contributed by atoms with Crippen molar-refractivity contribution in [3.8, 4) is 11.3 Å². The number of carbonyl (C=O) groups is 1. The molecule has 150 valence electrons. The molecule has 0 saturated heterocycles. The second kappa shape index (κ2) is 11.0. The van der Waals surface area contributed by atoms with Crippen LogP contribution in [0.25, 0.3) is 11.3 Å². The second-order valence-corrected chi connectivity index (χ2v) is 7.01. The molecule has 2 unspecified atom stereocenters. The Morgan fingerprint density at radius 1 is 1.26 bits per heavy atom. The Kier molecular flexibility index (Phi) is 9.46. The maximum atomic E-state index is 13.3. The van der Waals surface area contributed by atoms with Gasteiger partial charge in [-0.15, -0.1) is 12.4 Å². The number of aromatic nitrogens is 2. The summed E-state index contributed by atoms with van der Waals surface area (Å²) in [6.07, 6.45) is 3.88. The van der Waals surface area contributed by atoms with E-state index in [-0.39, 0.29) is 36.1 Å². The highest BCUT2D eigenvalue weighted by atomic mass is 35.5. The lowest BCUT2D eigenvalue weighted by atomic mass is 10.0. The minimum absolute atomic E-state index is 0. The largest absolute Gasteiger partial charge is 0.345 e. The average Bonchev–Trinajstić information content (AvgIpc) is 3.08. The first-order valence-electron chi connectivity index (χ1n) is 9.19. The molecular weight excluding hydrogens is 367 g/mol. The molecule has 7 heteroatoms. The summed E-state index contributed by atoms with van der Waals surface area (Å²) in [5, 5.41) is 7.28. The van der Waals surface area contributed by atoms with Gasteiger partial charge in [-0.1, -0.05) is 25.5 Å². The van der Waals surface area contributed by atoms with E-state index in [9.17, 15) is 9.18 Å². The summed E-state index contributed by atoms with van der Waals surface area (Å²) >= 11 is 0. The number of hydrogen-bond donors (Lipinski definition) is 2. The lowest BCUT2D eigenvalue weighted by Gasteiger charge is -2.23. The van der Waals surface area contributed by atoms with Gasteiger partial charge < -0.3 is 10.6 Å². The van der Waals surface area contributed by atoms with Gasteiger partial charge in [0.15, 0.2) is 0 Å². The molecule has 27 heavy (non-hydrogen) atoms. The Morgan fingerprint density at radius 2 is 2.00 bits per heavy atom. The normalized spacial score (nSPS) is 12.9. The van der Waals surface area contributed by atoms with Crippen molar-refractivity contribution >= 4 is 18.3 Å². The number of nitrogens with two attached hydrogens (primary N) is 1. The molecule has 0 aliphatic heterocycles. The zero-order valence-corrected chi connectivity index (χ0v) is 17.1. The van der Waals surface area contributed by atoms with E-state index in [0.29, 0.717) is 0 Å². The summed E-state index contributed by atoms with van der Waals surface area (Å²) in [7, 11) is 1.83. The summed E-state index contributed by atoms with van der Waals surface area (Å²) in [6, 6.07) is 8.28. The molecule has 0 aliphatic rings. The molecule has 0 saturated carbocycles. The molecule has 2 atom stereocenters. The fourth-order valence-electron chi connectivity index (χ4n) is 2.81. The van der Waals surface area contributed by atoms with Crippen LogP contribution in [0.15, 0.2) is 30.3 Å². The highest BCUT2D eigenvalue weighted by molar-refractivity contribution is 5.85. The smallest absolute Gasteiger partial charge is 0.226 e. The Balaban J connectivity index is 0.00000364.